The van der Waals surface area contributed by atoms with Crippen LogP contribution in [0, 0.1) is 5.92 Å². The summed E-state index contributed by atoms with van der Waals surface area (Å²) in [5.41, 5.74) is 2.27. The average molecular weight is 355 g/mol. The van der Waals surface area contributed by atoms with Crippen molar-refractivity contribution in [1.29, 1.82) is 0 Å². The second kappa shape index (κ2) is 6.69. The van der Waals surface area contributed by atoms with E-state index in [0.29, 0.717) is 6.42 Å². The number of aliphatic hydroxyl groups is 1. The predicted octanol–water partition coefficient (Wildman–Crippen LogP) is 4.02. The van der Waals surface area contributed by atoms with E-state index >= 15 is 0 Å². The Morgan fingerprint density at radius 2 is 1.88 bits per heavy atom. The first-order valence-corrected chi connectivity index (χ1v) is 11.8. The maximum absolute atomic E-state index is 10.9. The molecule has 0 radical (unpaired) electrons. The van der Waals surface area contributed by atoms with Crippen molar-refractivity contribution in [3.8, 4) is 0 Å². The molecule has 0 saturated carbocycles. The molecule has 0 heterocycles. The molecule has 138 valence electrons. The Morgan fingerprint density at radius 3 is 2.33 bits per heavy atom. The van der Waals surface area contributed by atoms with Gasteiger partial charge < -0.3 is 19.0 Å². The van der Waals surface area contributed by atoms with Gasteiger partial charge in [0.05, 0.1) is 6.10 Å². The fourth-order valence-electron chi connectivity index (χ4n) is 3.88. The van der Waals surface area contributed by atoms with Crippen LogP contribution in [0.1, 0.15) is 40.0 Å². The minimum atomic E-state index is -1.89. The zero-order chi connectivity index (χ0) is 18.3. The molecule has 0 fully saturated rings. The molecule has 1 N–H and O–H groups in total. The van der Waals surface area contributed by atoms with Crippen LogP contribution in [-0.2, 0) is 13.9 Å². The topological polar surface area (TPSA) is 47.9 Å². The third-order valence-electron chi connectivity index (χ3n) is 6.21. The van der Waals surface area contributed by atoms with Gasteiger partial charge in [-0.05, 0) is 48.5 Å². The van der Waals surface area contributed by atoms with Crippen molar-refractivity contribution in [2.45, 2.75) is 76.2 Å². The minimum Gasteiger partial charge on any atom is -0.410 e. The van der Waals surface area contributed by atoms with Crippen LogP contribution < -0.4 is 0 Å². The van der Waals surface area contributed by atoms with Gasteiger partial charge in [0.2, 0.25) is 5.79 Å². The molecule has 0 aromatic heterocycles. The van der Waals surface area contributed by atoms with E-state index in [2.05, 4.69) is 40.4 Å². The molecule has 0 aromatic carbocycles. The first kappa shape index (κ1) is 19.9. The second-order valence-corrected chi connectivity index (χ2v) is 13.2. The number of aliphatic hydroxyl groups excluding tert-OH is 1. The molecule has 2 rings (SSSR count). The fraction of sp³-hybridized carbons (Fsp3) is 0.789. The number of allylic oxidation sites excluding steroid dienone is 1. The van der Waals surface area contributed by atoms with Gasteiger partial charge in [0.25, 0.3) is 0 Å². The molecule has 4 nitrogen and oxygen atoms in total. The molecule has 5 heteroatoms. The van der Waals surface area contributed by atoms with Gasteiger partial charge in [-0.2, -0.15) is 0 Å². The van der Waals surface area contributed by atoms with Gasteiger partial charge >= 0.3 is 0 Å². The molecule has 0 amide bonds. The lowest BCUT2D eigenvalue weighted by atomic mass is 9.90. The van der Waals surface area contributed by atoms with Gasteiger partial charge in [-0.1, -0.05) is 26.8 Å². The molecular formula is C19H34O4Si. The third kappa shape index (κ3) is 2.95. The lowest BCUT2D eigenvalue weighted by Crippen LogP contribution is -2.48. The van der Waals surface area contributed by atoms with Crippen molar-refractivity contribution >= 4 is 8.32 Å². The second-order valence-electron chi connectivity index (χ2n) is 8.49. The Balaban J connectivity index is 2.40. The van der Waals surface area contributed by atoms with Crippen LogP contribution in [0.25, 0.3) is 0 Å². The highest BCUT2D eigenvalue weighted by Crippen LogP contribution is 2.53. The molecular weight excluding hydrogens is 320 g/mol. The highest BCUT2D eigenvalue weighted by molar-refractivity contribution is 6.74. The van der Waals surface area contributed by atoms with Crippen LogP contribution in [0.5, 0.6) is 0 Å². The zero-order valence-corrected chi connectivity index (χ0v) is 17.3. The summed E-state index contributed by atoms with van der Waals surface area (Å²) in [5, 5.41) is 11.1. The molecule has 0 aliphatic heterocycles. The van der Waals surface area contributed by atoms with Crippen molar-refractivity contribution < 1.29 is 19.0 Å². The molecule has 0 unspecified atom stereocenters. The zero-order valence-electron chi connectivity index (χ0n) is 16.3. The Morgan fingerprint density at radius 1 is 1.29 bits per heavy atom. The van der Waals surface area contributed by atoms with Crippen LogP contribution >= 0.6 is 0 Å². The summed E-state index contributed by atoms with van der Waals surface area (Å²) in [6.07, 6.45) is 3.68. The van der Waals surface area contributed by atoms with Crippen LogP contribution in [-0.4, -0.2) is 45.6 Å². The molecule has 0 saturated heterocycles. The number of hydrogen-bond acceptors (Lipinski definition) is 4. The van der Waals surface area contributed by atoms with E-state index in [1.165, 1.54) is 5.57 Å². The van der Waals surface area contributed by atoms with Gasteiger partial charge in [0.15, 0.2) is 8.32 Å². The number of hydrogen-bond donors (Lipinski definition) is 1. The van der Waals surface area contributed by atoms with Crippen LogP contribution in [0.2, 0.25) is 18.1 Å². The SMILES string of the molecule is C=CC[C@@H]1C2=C(CC[C@@H]2O[Si](C)(C)C(C)(C)C)C(OC)(OC)[C@@H]1O. The summed E-state index contributed by atoms with van der Waals surface area (Å²) in [6.45, 7) is 15.2. The van der Waals surface area contributed by atoms with E-state index in [4.69, 9.17) is 13.9 Å². The van der Waals surface area contributed by atoms with Gasteiger partial charge in [0, 0.05) is 20.1 Å². The highest BCUT2D eigenvalue weighted by Gasteiger charge is 2.58. The lowest BCUT2D eigenvalue weighted by Gasteiger charge is -2.40. The maximum atomic E-state index is 10.9. The van der Waals surface area contributed by atoms with Crippen molar-refractivity contribution in [2.24, 2.45) is 5.92 Å². The van der Waals surface area contributed by atoms with Gasteiger partial charge in [-0.15, -0.1) is 6.58 Å². The summed E-state index contributed by atoms with van der Waals surface area (Å²) >= 11 is 0. The van der Waals surface area contributed by atoms with Crippen LogP contribution in [0.15, 0.2) is 23.8 Å². The van der Waals surface area contributed by atoms with Crippen molar-refractivity contribution in [3.63, 3.8) is 0 Å². The van der Waals surface area contributed by atoms with Crippen LogP contribution in [0.3, 0.4) is 0 Å². The lowest BCUT2D eigenvalue weighted by molar-refractivity contribution is -0.235. The van der Waals surface area contributed by atoms with Crippen molar-refractivity contribution in [3.05, 3.63) is 23.8 Å². The fourth-order valence-corrected chi connectivity index (χ4v) is 5.19. The molecule has 24 heavy (non-hydrogen) atoms. The molecule has 2 aliphatic rings. The molecule has 0 aromatic rings. The largest absolute Gasteiger partial charge is 0.410 e. The van der Waals surface area contributed by atoms with Gasteiger partial charge in [-0.25, -0.2) is 0 Å². The van der Waals surface area contributed by atoms with E-state index in [1.807, 2.05) is 6.08 Å². The summed E-state index contributed by atoms with van der Waals surface area (Å²) in [5.74, 6) is -1.08. The summed E-state index contributed by atoms with van der Waals surface area (Å²) < 4.78 is 18.1. The van der Waals surface area contributed by atoms with E-state index in [0.717, 1.165) is 18.4 Å². The van der Waals surface area contributed by atoms with E-state index in [9.17, 15) is 5.11 Å². The van der Waals surface area contributed by atoms with E-state index in [1.54, 1.807) is 14.2 Å². The van der Waals surface area contributed by atoms with Crippen molar-refractivity contribution in [1.82, 2.24) is 0 Å². The summed E-state index contributed by atoms with van der Waals surface area (Å²) in [4.78, 5) is 0. The van der Waals surface area contributed by atoms with E-state index < -0.39 is 20.2 Å². The number of ether oxygens (including phenoxy) is 2. The van der Waals surface area contributed by atoms with Crippen molar-refractivity contribution in [2.75, 3.05) is 14.2 Å². The Bertz CT molecular complexity index is 514. The molecule has 3 atom stereocenters. The third-order valence-corrected chi connectivity index (χ3v) is 10.7. The highest BCUT2D eigenvalue weighted by atomic mass is 28.4. The number of rotatable bonds is 6. The quantitative estimate of drug-likeness (QED) is 0.444. The monoisotopic (exact) mass is 354 g/mol. The van der Waals surface area contributed by atoms with Gasteiger partial charge in [-0.3, -0.25) is 0 Å². The average Bonchev–Trinajstić information content (AvgIpc) is 2.97. The summed E-state index contributed by atoms with van der Waals surface area (Å²) in [7, 11) is 1.32. The Labute approximate surface area is 148 Å². The Hall–Kier alpha value is -0.463. The van der Waals surface area contributed by atoms with E-state index in [-0.39, 0.29) is 17.1 Å². The Kier molecular flexibility index (Phi) is 5.53. The molecule has 0 bridgehead atoms. The normalized spacial score (nSPS) is 29.9. The first-order chi connectivity index (χ1) is 11.1. The first-order valence-electron chi connectivity index (χ1n) is 8.86. The minimum absolute atomic E-state index is 0.0466. The van der Waals surface area contributed by atoms with Gasteiger partial charge in [0.1, 0.15) is 6.10 Å². The predicted molar refractivity (Wildman–Crippen MR) is 99.4 cm³/mol. The maximum Gasteiger partial charge on any atom is 0.218 e. The smallest absolute Gasteiger partial charge is 0.218 e. The van der Waals surface area contributed by atoms with Crippen LogP contribution in [0.4, 0.5) is 0 Å². The molecule has 2 aliphatic carbocycles. The summed E-state index contributed by atoms with van der Waals surface area (Å²) in [6, 6.07) is 0. The molecule has 0 spiro atoms. The number of methoxy groups -OCH3 is 2. The standard InChI is InChI=1S/C19H34O4Si/c1-9-10-13-16-14(19(21-5,22-6)17(13)20)11-12-15(16)23-24(7,8)18(2,3)4/h9,13,15,17,20H,1,10-12H2,2-8H3/t13-,15+,17-/m1/s1.